The van der Waals surface area contributed by atoms with Gasteiger partial charge in [-0.3, -0.25) is 0 Å². The Morgan fingerprint density at radius 3 is 2.10 bits per heavy atom. The lowest BCUT2D eigenvalue weighted by Crippen LogP contribution is -2.33. The fourth-order valence-corrected chi connectivity index (χ4v) is 1.87. The van der Waals surface area contributed by atoms with Gasteiger partial charge in [0.2, 0.25) is 0 Å². The molecule has 2 heterocycles. The van der Waals surface area contributed by atoms with Gasteiger partial charge in [-0.25, -0.2) is 0 Å². The molecule has 0 aromatic carbocycles. The maximum Gasteiger partial charge on any atom is 0.0222 e. The van der Waals surface area contributed by atoms with E-state index in [1.54, 1.807) is 0 Å². The lowest BCUT2D eigenvalue weighted by Gasteiger charge is -2.13. The van der Waals surface area contributed by atoms with Crippen LogP contribution in [0.5, 0.6) is 0 Å². The number of nitrogens with one attached hydrogen (secondary N) is 1. The first-order valence-corrected chi connectivity index (χ1v) is 3.38. The zero-order valence-electron chi connectivity index (χ0n) is 5.75. The van der Waals surface area contributed by atoms with Gasteiger partial charge in [0.25, 0.3) is 0 Å². The van der Waals surface area contributed by atoms with E-state index in [0.29, 0.717) is 12.1 Å². The Hall–Kier alpha value is 0.500. The molecular weight excluding hydrogens is 171 g/mol. The van der Waals surface area contributed by atoms with E-state index in [1.807, 2.05) is 0 Å². The van der Waals surface area contributed by atoms with E-state index in [-0.39, 0.29) is 24.8 Å². The minimum Gasteiger partial charge on any atom is -0.326 e. The van der Waals surface area contributed by atoms with Crippen molar-refractivity contribution in [2.75, 3.05) is 0 Å². The van der Waals surface area contributed by atoms with E-state index in [9.17, 15) is 0 Å². The Morgan fingerprint density at radius 1 is 1.20 bits per heavy atom. The first-order chi connectivity index (χ1) is 3.86. The van der Waals surface area contributed by atoms with Crippen molar-refractivity contribution in [1.29, 1.82) is 0 Å². The van der Waals surface area contributed by atoms with Crippen molar-refractivity contribution in [3.63, 3.8) is 0 Å². The van der Waals surface area contributed by atoms with Gasteiger partial charge in [-0.2, -0.15) is 0 Å². The van der Waals surface area contributed by atoms with E-state index in [2.05, 4.69) is 5.32 Å². The average molecular weight is 185 g/mol. The first kappa shape index (κ1) is 10.5. The maximum atomic E-state index is 5.76. The molecule has 3 N–H and O–H groups in total. The maximum absolute atomic E-state index is 5.76. The number of hydrogen-bond donors (Lipinski definition) is 2. The van der Waals surface area contributed by atoms with Crippen molar-refractivity contribution < 1.29 is 0 Å². The summed E-state index contributed by atoms with van der Waals surface area (Å²) in [5.74, 6) is 0. The molecule has 62 valence electrons. The van der Waals surface area contributed by atoms with Crippen molar-refractivity contribution in [3.05, 3.63) is 0 Å². The molecule has 2 nitrogen and oxygen atoms in total. The highest BCUT2D eigenvalue weighted by atomic mass is 35.5. The lowest BCUT2D eigenvalue weighted by atomic mass is 9.97. The molecule has 0 unspecified atom stereocenters. The molecule has 2 aliphatic rings. The fraction of sp³-hybridized carbons (Fsp3) is 1.00. The van der Waals surface area contributed by atoms with Crippen molar-refractivity contribution in [2.24, 2.45) is 5.73 Å². The molecule has 0 saturated carbocycles. The average Bonchev–Trinajstić information content (AvgIpc) is 2.23. The summed E-state index contributed by atoms with van der Waals surface area (Å²) in [7, 11) is 0. The molecule has 2 aliphatic heterocycles. The molecule has 0 radical (unpaired) electrons. The molecule has 4 heteroatoms. The molecule has 3 atom stereocenters. The molecule has 0 aliphatic carbocycles. The second-order valence-corrected chi connectivity index (χ2v) is 2.95. The van der Waals surface area contributed by atoms with Crippen LogP contribution < -0.4 is 11.1 Å². The largest absolute Gasteiger partial charge is 0.326 e. The zero-order chi connectivity index (χ0) is 5.56. The highest BCUT2D eigenvalue weighted by molar-refractivity contribution is 5.85. The number of rotatable bonds is 0. The Morgan fingerprint density at radius 2 is 1.90 bits per heavy atom. The van der Waals surface area contributed by atoms with Gasteiger partial charge in [0.1, 0.15) is 0 Å². The summed E-state index contributed by atoms with van der Waals surface area (Å²) in [6.07, 6.45) is 3.88. The normalized spacial score (nSPS) is 42.3. The molecule has 10 heavy (non-hydrogen) atoms. The van der Waals surface area contributed by atoms with Crippen LogP contribution in [0.2, 0.25) is 0 Å². The quantitative estimate of drug-likeness (QED) is 0.582. The number of halogens is 2. The third-order valence-electron chi connectivity index (χ3n) is 2.35. The summed E-state index contributed by atoms with van der Waals surface area (Å²) in [4.78, 5) is 0. The summed E-state index contributed by atoms with van der Waals surface area (Å²) < 4.78 is 0. The molecule has 0 spiro atoms. The Kier molecular flexibility index (Phi) is 3.95. The zero-order valence-corrected chi connectivity index (χ0v) is 7.38. The second-order valence-electron chi connectivity index (χ2n) is 2.95. The Bertz CT molecular complexity index is 108. The number of hydrogen-bond acceptors (Lipinski definition) is 2. The van der Waals surface area contributed by atoms with Gasteiger partial charge in [-0.05, 0) is 19.3 Å². The standard InChI is InChI=1S/C6H12N2.2ClH/c7-5-3-4-1-2-6(5)8-4;;/h4-6,8H,1-3,7H2;2*1H/t4-,5+,6+;;/m0../s1. The van der Waals surface area contributed by atoms with Gasteiger partial charge >= 0.3 is 0 Å². The van der Waals surface area contributed by atoms with Gasteiger partial charge in [0.05, 0.1) is 0 Å². The monoisotopic (exact) mass is 184 g/mol. The van der Waals surface area contributed by atoms with Crippen LogP contribution in [0.15, 0.2) is 0 Å². The summed E-state index contributed by atoms with van der Waals surface area (Å²) in [5, 5.41) is 3.45. The highest BCUT2D eigenvalue weighted by Crippen LogP contribution is 2.26. The molecule has 2 saturated heterocycles. The van der Waals surface area contributed by atoms with E-state index < -0.39 is 0 Å². The van der Waals surface area contributed by atoms with Crippen molar-refractivity contribution in [1.82, 2.24) is 5.32 Å². The predicted octanol–water partition coefficient (Wildman–Crippen LogP) is 0.682. The molecular formula is C6H14Cl2N2. The number of fused-ring (bicyclic) bond motifs is 2. The Balaban J connectivity index is 0.000000405. The number of nitrogens with two attached hydrogens (primary N) is 1. The molecule has 0 aromatic rings. The second kappa shape index (κ2) is 3.77. The van der Waals surface area contributed by atoms with Crippen LogP contribution in [0, 0.1) is 0 Å². The molecule has 2 fully saturated rings. The van der Waals surface area contributed by atoms with Crippen molar-refractivity contribution in [3.8, 4) is 0 Å². The fourth-order valence-electron chi connectivity index (χ4n) is 1.87. The third-order valence-corrected chi connectivity index (χ3v) is 2.35. The van der Waals surface area contributed by atoms with Gasteiger partial charge < -0.3 is 11.1 Å². The summed E-state index contributed by atoms with van der Waals surface area (Å²) in [5.41, 5.74) is 5.76. The third kappa shape index (κ3) is 1.56. The van der Waals surface area contributed by atoms with E-state index in [4.69, 9.17) is 5.73 Å². The Labute approximate surface area is 73.7 Å². The lowest BCUT2D eigenvalue weighted by molar-refractivity contribution is 0.502. The minimum absolute atomic E-state index is 0. The van der Waals surface area contributed by atoms with Crippen LogP contribution in [0.3, 0.4) is 0 Å². The first-order valence-electron chi connectivity index (χ1n) is 3.38. The predicted molar refractivity (Wildman–Crippen MR) is 47.0 cm³/mol. The van der Waals surface area contributed by atoms with Crippen molar-refractivity contribution >= 4 is 24.8 Å². The van der Waals surface area contributed by atoms with Gasteiger partial charge in [0, 0.05) is 18.1 Å². The van der Waals surface area contributed by atoms with Crippen LogP contribution in [0.1, 0.15) is 19.3 Å². The summed E-state index contributed by atoms with van der Waals surface area (Å²) in [6.45, 7) is 0. The van der Waals surface area contributed by atoms with Crippen LogP contribution in [0.4, 0.5) is 0 Å². The van der Waals surface area contributed by atoms with E-state index in [1.165, 1.54) is 19.3 Å². The van der Waals surface area contributed by atoms with Crippen LogP contribution in [-0.4, -0.2) is 18.1 Å². The van der Waals surface area contributed by atoms with E-state index in [0.717, 1.165) is 6.04 Å². The summed E-state index contributed by atoms with van der Waals surface area (Å²) >= 11 is 0. The molecule has 2 rings (SSSR count). The minimum atomic E-state index is 0. The molecule has 0 amide bonds. The highest BCUT2D eigenvalue weighted by Gasteiger charge is 2.36. The smallest absolute Gasteiger partial charge is 0.0222 e. The van der Waals surface area contributed by atoms with Crippen LogP contribution in [0.25, 0.3) is 0 Å². The molecule has 0 aromatic heterocycles. The van der Waals surface area contributed by atoms with Crippen LogP contribution in [-0.2, 0) is 0 Å². The van der Waals surface area contributed by atoms with Gasteiger partial charge in [-0.15, -0.1) is 24.8 Å². The topological polar surface area (TPSA) is 38.0 Å². The van der Waals surface area contributed by atoms with E-state index >= 15 is 0 Å². The van der Waals surface area contributed by atoms with Gasteiger partial charge in [-0.1, -0.05) is 0 Å². The van der Waals surface area contributed by atoms with Crippen LogP contribution >= 0.6 is 24.8 Å². The summed E-state index contributed by atoms with van der Waals surface area (Å²) in [6, 6.07) is 1.91. The molecule has 2 bridgehead atoms. The van der Waals surface area contributed by atoms with Crippen molar-refractivity contribution in [2.45, 2.75) is 37.4 Å². The SMILES string of the molecule is Cl.Cl.N[C@@H]1C[C@@H]2CC[C@H]1N2. The van der Waals surface area contributed by atoms with Gasteiger partial charge in [0.15, 0.2) is 0 Å².